The van der Waals surface area contributed by atoms with Crippen LogP contribution in [-0.2, 0) is 0 Å². The second-order valence-electron chi connectivity index (χ2n) is 3.76. The van der Waals surface area contributed by atoms with E-state index in [0.29, 0.717) is 0 Å². The fraction of sp³-hybridized carbons (Fsp3) is 0.0714. The summed E-state index contributed by atoms with van der Waals surface area (Å²) < 4.78 is 0. The predicted octanol–water partition coefficient (Wildman–Crippen LogP) is 2.95. The van der Waals surface area contributed by atoms with Gasteiger partial charge in [0.2, 0.25) is 0 Å². The summed E-state index contributed by atoms with van der Waals surface area (Å²) in [5.74, 6) is 0.121. The van der Waals surface area contributed by atoms with Crippen molar-refractivity contribution in [1.29, 1.82) is 5.41 Å². The lowest BCUT2D eigenvalue weighted by Gasteiger charge is -2.10. The summed E-state index contributed by atoms with van der Waals surface area (Å²) in [7, 11) is 0. The molecule has 0 radical (unpaired) electrons. The first kappa shape index (κ1) is 10.4. The third-order valence-electron chi connectivity index (χ3n) is 2.71. The van der Waals surface area contributed by atoms with Gasteiger partial charge < -0.3 is 5.73 Å². The number of benzene rings is 2. The zero-order valence-corrected chi connectivity index (χ0v) is 9.20. The molecule has 80 valence electrons. The van der Waals surface area contributed by atoms with Crippen molar-refractivity contribution in [1.82, 2.24) is 0 Å². The number of nitrogens with one attached hydrogen (secondary N) is 1. The van der Waals surface area contributed by atoms with E-state index in [4.69, 9.17) is 11.1 Å². The molecule has 3 N–H and O–H groups in total. The molecular formula is C14H14N2. The highest BCUT2D eigenvalue weighted by Gasteiger charge is 2.06. The zero-order valence-electron chi connectivity index (χ0n) is 9.20. The van der Waals surface area contributed by atoms with Crippen molar-refractivity contribution in [2.75, 3.05) is 0 Å². The van der Waals surface area contributed by atoms with Gasteiger partial charge in [-0.1, -0.05) is 48.5 Å². The minimum absolute atomic E-state index is 0.121. The van der Waals surface area contributed by atoms with Crippen LogP contribution in [0, 0.1) is 12.3 Å². The van der Waals surface area contributed by atoms with E-state index in [1.54, 1.807) is 0 Å². The average molecular weight is 210 g/mol. The normalized spacial score (nSPS) is 10.1. The topological polar surface area (TPSA) is 49.9 Å². The van der Waals surface area contributed by atoms with Crippen LogP contribution in [0.1, 0.15) is 11.1 Å². The van der Waals surface area contributed by atoms with Crippen molar-refractivity contribution in [3.8, 4) is 11.1 Å². The quantitative estimate of drug-likeness (QED) is 0.581. The maximum Gasteiger partial charge on any atom is 0.123 e. The monoisotopic (exact) mass is 210 g/mol. The summed E-state index contributed by atoms with van der Waals surface area (Å²) in [4.78, 5) is 0. The fourth-order valence-electron chi connectivity index (χ4n) is 1.86. The maximum atomic E-state index is 7.51. The van der Waals surface area contributed by atoms with E-state index in [0.717, 1.165) is 22.3 Å². The molecule has 0 fully saturated rings. The van der Waals surface area contributed by atoms with Crippen LogP contribution in [0.4, 0.5) is 0 Å². The van der Waals surface area contributed by atoms with Crippen LogP contribution < -0.4 is 5.73 Å². The van der Waals surface area contributed by atoms with Gasteiger partial charge in [0.25, 0.3) is 0 Å². The first-order chi connectivity index (χ1) is 7.70. The van der Waals surface area contributed by atoms with Crippen molar-refractivity contribution < 1.29 is 0 Å². The summed E-state index contributed by atoms with van der Waals surface area (Å²) in [6, 6.07) is 16.0. The molecule has 0 bridgehead atoms. The molecule has 0 aliphatic heterocycles. The van der Waals surface area contributed by atoms with Crippen molar-refractivity contribution in [3.05, 3.63) is 59.7 Å². The minimum atomic E-state index is 0.121. The van der Waals surface area contributed by atoms with Crippen molar-refractivity contribution in [2.45, 2.75) is 6.92 Å². The second-order valence-corrected chi connectivity index (χ2v) is 3.76. The SMILES string of the molecule is Cc1c(C(=N)N)cccc1-c1ccccc1. The molecule has 0 saturated heterocycles. The first-order valence-corrected chi connectivity index (χ1v) is 5.19. The number of hydrogen-bond acceptors (Lipinski definition) is 1. The molecule has 0 spiro atoms. The summed E-state index contributed by atoms with van der Waals surface area (Å²) in [5, 5.41) is 7.51. The molecule has 0 saturated carbocycles. The van der Waals surface area contributed by atoms with Crippen molar-refractivity contribution in [2.24, 2.45) is 5.73 Å². The highest BCUT2D eigenvalue weighted by atomic mass is 14.7. The zero-order chi connectivity index (χ0) is 11.5. The van der Waals surface area contributed by atoms with Crippen LogP contribution in [0.3, 0.4) is 0 Å². The van der Waals surface area contributed by atoms with Gasteiger partial charge in [0, 0.05) is 5.56 Å². The molecule has 0 aliphatic carbocycles. The lowest BCUT2D eigenvalue weighted by Crippen LogP contribution is -2.13. The van der Waals surface area contributed by atoms with Crippen LogP contribution in [0.15, 0.2) is 48.5 Å². The Kier molecular flexibility index (Phi) is 2.73. The van der Waals surface area contributed by atoms with Gasteiger partial charge in [-0.05, 0) is 23.6 Å². The van der Waals surface area contributed by atoms with Crippen LogP contribution >= 0.6 is 0 Å². The van der Waals surface area contributed by atoms with Crippen LogP contribution in [-0.4, -0.2) is 5.84 Å². The molecule has 2 rings (SSSR count). The highest BCUT2D eigenvalue weighted by Crippen LogP contribution is 2.25. The van der Waals surface area contributed by atoms with Crippen molar-refractivity contribution in [3.63, 3.8) is 0 Å². The first-order valence-electron chi connectivity index (χ1n) is 5.19. The van der Waals surface area contributed by atoms with Gasteiger partial charge in [0.1, 0.15) is 5.84 Å². The maximum absolute atomic E-state index is 7.51. The summed E-state index contributed by atoms with van der Waals surface area (Å²) in [6.07, 6.45) is 0. The molecule has 16 heavy (non-hydrogen) atoms. The van der Waals surface area contributed by atoms with E-state index in [1.807, 2.05) is 37.3 Å². The van der Waals surface area contributed by atoms with E-state index < -0.39 is 0 Å². The molecule has 0 heterocycles. The van der Waals surface area contributed by atoms with E-state index in [1.165, 1.54) is 0 Å². The predicted molar refractivity (Wildman–Crippen MR) is 67.6 cm³/mol. The van der Waals surface area contributed by atoms with Gasteiger partial charge in [0.15, 0.2) is 0 Å². The molecule has 2 aromatic rings. The summed E-state index contributed by atoms with van der Waals surface area (Å²) >= 11 is 0. The number of nitrogens with two attached hydrogens (primary N) is 1. The number of rotatable bonds is 2. The van der Waals surface area contributed by atoms with Crippen molar-refractivity contribution >= 4 is 5.84 Å². The van der Waals surface area contributed by atoms with Gasteiger partial charge in [-0.2, -0.15) is 0 Å². The van der Waals surface area contributed by atoms with Gasteiger partial charge >= 0.3 is 0 Å². The summed E-state index contributed by atoms with van der Waals surface area (Å²) in [5.41, 5.74) is 9.70. The standard InChI is InChI=1S/C14H14N2/c1-10-12(11-6-3-2-4-7-11)8-5-9-13(10)14(15)16/h2-9H,1H3,(H3,15,16). The smallest absolute Gasteiger partial charge is 0.123 e. The van der Waals surface area contributed by atoms with Gasteiger partial charge in [-0.25, -0.2) is 0 Å². The largest absolute Gasteiger partial charge is 0.384 e. The highest BCUT2D eigenvalue weighted by molar-refractivity contribution is 5.98. The Morgan fingerprint density at radius 1 is 1.00 bits per heavy atom. The Morgan fingerprint density at radius 2 is 1.69 bits per heavy atom. The molecule has 0 aromatic heterocycles. The Balaban J connectivity index is 2.59. The van der Waals surface area contributed by atoms with E-state index in [9.17, 15) is 0 Å². The molecule has 0 aliphatic rings. The lowest BCUT2D eigenvalue weighted by atomic mass is 9.96. The van der Waals surface area contributed by atoms with E-state index in [-0.39, 0.29) is 5.84 Å². The molecule has 2 aromatic carbocycles. The lowest BCUT2D eigenvalue weighted by molar-refractivity contribution is 1.36. The summed E-state index contributed by atoms with van der Waals surface area (Å²) in [6.45, 7) is 2.00. The van der Waals surface area contributed by atoms with E-state index in [2.05, 4.69) is 18.2 Å². The number of hydrogen-bond donors (Lipinski definition) is 2. The average Bonchev–Trinajstić information content (AvgIpc) is 2.30. The molecule has 0 atom stereocenters. The number of amidine groups is 1. The Bertz CT molecular complexity index is 516. The minimum Gasteiger partial charge on any atom is -0.384 e. The van der Waals surface area contributed by atoms with E-state index >= 15 is 0 Å². The van der Waals surface area contributed by atoms with Crippen LogP contribution in [0.5, 0.6) is 0 Å². The third-order valence-corrected chi connectivity index (χ3v) is 2.71. The Labute approximate surface area is 95.2 Å². The van der Waals surface area contributed by atoms with Gasteiger partial charge in [-0.15, -0.1) is 0 Å². The molecular weight excluding hydrogens is 196 g/mol. The molecule has 2 heteroatoms. The van der Waals surface area contributed by atoms with Crippen LogP contribution in [0.2, 0.25) is 0 Å². The molecule has 0 amide bonds. The van der Waals surface area contributed by atoms with Gasteiger partial charge in [-0.3, -0.25) is 5.41 Å². The van der Waals surface area contributed by atoms with Crippen LogP contribution in [0.25, 0.3) is 11.1 Å². The van der Waals surface area contributed by atoms with Gasteiger partial charge in [0.05, 0.1) is 0 Å². The third kappa shape index (κ3) is 1.82. The fourth-order valence-corrected chi connectivity index (χ4v) is 1.86. The Hall–Kier alpha value is -2.09. The molecule has 2 nitrogen and oxygen atoms in total. The Morgan fingerprint density at radius 3 is 2.31 bits per heavy atom. The number of nitrogen functional groups attached to an aromatic ring is 1. The molecule has 0 unspecified atom stereocenters. The second kappa shape index (κ2) is 4.19.